The number of nitrogens with zero attached hydrogens (tertiary/aromatic N) is 3. The van der Waals surface area contributed by atoms with E-state index in [4.69, 9.17) is 0 Å². The molecule has 0 aliphatic heterocycles. The van der Waals surface area contributed by atoms with Crippen LogP contribution in [0.4, 0.5) is 10.9 Å². The molecule has 2 aromatic rings. The molecule has 2 N–H and O–H groups in total. The number of nitrogens with one attached hydrogen (secondary N) is 2. The number of carbonyl (C=O) groups excluding carboxylic acids is 1. The zero-order chi connectivity index (χ0) is 13.0. The zero-order valence-electron chi connectivity index (χ0n) is 10.1. The molecule has 0 aliphatic carbocycles. The first-order valence-corrected chi connectivity index (χ1v) is 6.32. The third-order valence-corrected chi connectivity index (χ3v) is 2.98. The van der Waals surface area contributed by atoms with Crippen molar-refractivity contribution in [2.45, 2.75) is 13.8 Å². The van der Waals surface area contributed by atoms with Gasteiger partial charge < -0.3 is 10.6 Å². The molecule has 2 aromatic heterocycles. The fourth-order valence-electron chi connectivity index (χ4n) is 1.25. The first kappa shape index (κ1) is 12.4. The van der Waals surface area contributed by atoms with Crippen molar-refractivity contribution in [3.8, 4) is 0 Å². The lowest BCUT2D eigenvalue weighted by Gasteiger charge is -2.01. The van der Waals surface area contributed by atoms with Gasteiger partial charge in [0.05, 0.1) is 0 Å². The van der Waals surface area contributed by atoms with E-state index in [1.54, 1.807) is 12.3 Å². The molecule has 2 heterocycles. The molecule has 0 aromatic carbocycles. The van der Waals surface area contributed by atoms with E-state index in [1.165, 1.54) is 11.3 Å². The number of aromatic nitrogens is 3. The largest absolute Gasteiger partial charge is 0.360 e. The first-order valence-electron chi connectivity index (χ1n) is 5.50. The molecule has 2 rings (SSSR count). The molecule has 0 aliphatic rings. The summed E-state index contributed by atoms with van der Waals surface area (Å²) in [5, 5.41) is 14.3. The van der Waals surface area contributed by atoms with Crippen molar-refractivity contribution in [1.82, 2.24) is 15.2 Å². The highest BCUT2D eigenvalue weighted by molar-refractivity contribution is 7.17. The standard InChI is InChI=1S/C11H13N5OS/c1-3-12-11-16-15-10(18-11)9(17)14-8-5-4-7(2)6-13-8/h4-6H,3H2,1-2H3,(H,12,16)(H,13,14,17). The average molecular weight is 263 g/mol. The summed E-state index contributed by atoms with van der Waals surface area (Å²) in [5.74, 6) is 0.207. The van der Waals surface area contributed by atoms with Crippen molar-refractivity contribution < 1.29 is 4.79 Å². The molecular weight excluding hydrogens is 250 g/mol. The van der Waals surface area contributed by atoms with Gasteiger partial charge in [-0.2, -0.15) is 0 Å². The maximum Gasteiger partial charge on any atom is 0.287 e. The minimum absolute atomic E-state index is 0.298. The molecule has 0 atom stereocenters. The van der Waals surface area contributed by atoms with Gasteiger partial charge in [-0.05, 0) is 25.5 Å². The summed E-state index contributed by atoms with van der Waals surface area (Å²) in [6, 6.07) is 3.63. The Bertz CT molecular complexity index is 537. The molecule has 18 heavy (non-hydrogen) atoms. The summed E-state index contributed by atoms with van der Waals surface area (Å²) < 4.78 is 0. The summed E-state index contributed by atoms with van der Waals surface area (Å²) >= 11 is 1.21. The van der Waals surface area contributed by atoms with Crippen LogP contribution in [0.25, 0.3) is 0 Å². The molecule has 6 nitrogen and oxygen atoms in total. The van der Waals surface area contributed by atoms with Crippen molar-refractivity contribution >= 4 is 28.2 Å². The summed E-state index contributed by atoms with van der Waals surface area (Å²) in [6.45, 7) is 4.64. The van der Waals surface area contributed by atoms with E-state index in [1.807, 2.05) is 19.9 Å². The molecule has 0 saturated carbocycles. The number of rotatable bonds is 4. The highest BCUT2D eigenvalue weighted by Crippen LogP contribution is 2.16. The van der Waals surface area contributed by atoms with E-state index >= 15 is 0 Å². The first-order chi connectivity index (χ1) is 8.69. The van der Waals surface area contributed by atoms with E-state index in [-0.39, 0.29) is 5.91 Å². The van der Waals surface area contributed by atoms with Gasteiger partial charge in [0.15, 0.2) is 0 Å². The predicted molar refractivity (Wildman–Crippen MR) is 71.0 cm³/mol. The number of hydrogen-bond donors (Lipinski definition) is 2. The van der Waals surface area contributed by atoms with E-state index in [2.05, 4.69) is 25.8 Å². The van der Waals surface area contributed by atoms with Crippen LogP contribution < -0.4 is 10.6 Å². The van der Waals surface area contributed by atoms with Crippen LogP contribution in [0.15, 0.2) is 18.3 Å². The van der Waals surface area contributed by atoms with Crippen LogP contribution in [0.5, 0.6) is 0 Å². The zero-order valence-corrected chi connectivity index (χ0v) is 10.9. The van der Waals surface area contributed by atoms with Crippen molar-refractivity contribution in [3.63, 3.8) is 0 Å². The van der Waals surface area contributed by atoms with E-state index in [0.29, 0.717) is 16.0 Å². The van der Waals surface area contributed by atoms with Gasteiger partial charge >= 0.3 is 0 Å². The lowest BCUT2D eigenvalue weighted by molar-refractivity contribution is 0.102. The van der Waals surface area contributed by atoms with Crippen LogP contribution in [0.2, 0.25) is 0 Å². The Morgan fingerprint density at radius 3 is 2.89 bits per heavy atom. The minimum Gasteiger partial charge on any atom is -0.360 e. The van der Waals surface area contributed by atoms with E-state index < -0.39 is 0 Å². The van der Waals surface area contributed by atoms with E-state index in [9.17, 15) is 4.79 Å². The molecule has 0 spiro atoms. The molecule has 0 fully saturated rings. The van der Waals surface area contributed by atoms with Crippen molar-refractivity contribution in [3.05, 3.63) is 28.9 Å². The summed E-state index contributed by atoms with van der Waals surface area (Å²) in [5.41, 5.74) is 1.04. The fraction of sp³-hybridized carbons (Fsp3) is 0.273. The molecule has 7 heteroatoms. The van der Waals surface area contributed by atoms with Gasteiger partial charge in [0, 0.05) is 12.7 Å². The van der Waals surface area contributed by atoms with Gasteiger partial charge in [0.2, 0.25) is 10.1 Å². The molecule has 1 amide bonds. The van der Waals surface area contributed by atoms with Gasteiger partial charge in [-0.1, -0.05) is 17.4 Å². The Hall–Kier alpha value is -2.02. The number of hydrogen-bond acceptors (Lipinski definition) is 6. The third kappa shape index (κ3) is 3.01. The van der Waals surface area contributed by atoms with Gasteiger partial charge in [-0.3, -0.25) is 4.79 Å². The number of carbonyl (C=O) groups is 1. The Morgan fingerprint density at radius 2 is 2.22 bits per heavy atom. The van der Waals surface area contributed by atoms with Crippen LogP contribution >= 0.6 is 11.3 Å². The predicted octanol–water partition coefficient (Wildman–Crippen LogP) is 1.93. The maximum absolute atomic E-state index is 11.8. The van der Waals surface area contributed by atoms with Gasteiger partial charge in [0.1, 0.15) is 5.82 Å². The molecule has 0 saturated heterocycles. The second-order valence-corrected chi connectivity index (χ2v) is 4.60. The topological polar surface area (TPSA) is 79.8 Å². The third-order valence-electron chi connectivity index (χ3n) is 2.10. The van der Waals surface area contributed by atoms with Crippen molar-refractivity contribution in [1.29, 1.82) is 0 Å². The average Bonchev–Trinajstić information content (AvgIpc) is 2.81. The summed E-state index contributed by atoms with van der Waals surface area (Å²) in [4.78, 5) is 15.9. The Labute approximate surface area is 108 Å². The fourth-order valence-corrected chi connectivity index (χ4v) is 1.96. The van der Waals surface area contributed by atoms with Gasteiger partial charge in [0.25, 0.3) is 5.91 Å². The Balaban J connectivity index is 2.04. The highest BCUT2D eigenvalue weighted by atomic mass is 32.1. The van der Waals surface area contributed by atoms with E-state index in [0.717, 1.165) is 12.1 Å². The molecule has 0 unspecified atom stereocenters. The van der Waals surface area contributed by atoms with Crippen molar-refractivity contribution in [2.75, 3.05) is 17.2 Å². The SMILES string of the molecule is CCNc1nnc(C(=O)Nc2ccc(C)cn2)s1. The molecular formula is C11H13N5OS. The van der Waals surface area contributed by atoms with Gasteiger partial charge in [-0.15, -0.1) is 10.2 Å². The summed E-state index contributed by atoms with van der Waals surface area (Å²) in [7, 11) is 0. The Kier molecular flexibility index (Phi) is 3.83. The second kappa shape index (κ2) is 5.54. The van der Waals surface area contributed by atoms with Crippen LogP contribution in [0.1, 0.15) is 22.3 Å². The summed E-state index contributed by atoms with van der Waals surface area (Å²) in [6.07, 6.45) is 1.69. The lowest BCUT2D eigenvalue weighted by Crippen LogP contribution is -2.12. The van der Waals surface area contributed by atoms with Crippen LogP contribution in [0, 0.1) is 6.92 Å². The highest BCUT2D eigenvalue weighted by Gasteiger charge is 2.12. The van der Waals surface area contributed by atoms with Crippen molar-refractivity contribution in [2.24, 2.45) is 0 Å². The van der Waals surface area contributed by atoms with Crippen LogP contribution in [-0.4, -0.2) is 27.6 Å². The van der Waals surface area contributed by atoms with Crippen LogP contribution in [-0.2, 0) is 0 Å². The quantitative estimate of drug-likeness (QED) is 0.881. The normalized spacial score (nSPS) is 10.1. The smallest absolute Gasteiger partial charge is 0.287 e. The maximum atomic E-state index is 11.8. The number of anilines is 2. The number of amides is 1. The molecule has 0 bridgehead atoms. The van der Waals surface area contributed by atoms with Gasteiger partial charge in [-0.25, -0.2) is 4.98 Å². The lowest BCUT2D eigenvalue weighted by atomic mass is 10.3. The number of pyridine rings is 1. The Morgan fingerprint density at radius 1 is 1.39 bits per heavy atom. The molecule has 0 radical (unpaired) electrons. The van der Waals surface area contributed by atoms with Crippen LogP contribution in [0.3, 0.4) is 0 Å². The second-order valence-electron chi connectivity index (χ2n) is 3.62. The minimum atomic E-state index is -0.298. The molecule has 94 valence electrons. The number of aryl methyl sites for hydroxylation is 1. The monoisotopic (exact) mass is 263 g/mol.